The van der Waals surface area contributed by atoms with Gasteiger partial charge in [-0.05, 0) is 30.9 Å². The van der Waals surface area contributed by atoms with Gasteiger partial charge < -0.3 is 10.4 Å². The molecule has 0 spiro atoms. The van der Waals surface area contributed by atoms with Crippen LogP contribution in [-0.4, -0.2) is 28.6 Å². The Labute approximate surface area is 126 Å². The van der Waals surface area contributed by atoms with Crippen LogP contribution in [-0.2, 0) is 0 Å². The molecule has 4 nitrogen and oxygen atoms in total. The molecular formula is C17H22N2O2. The van der Waals surface area contributed by atoms with Crippen LogP contribution in [0.1, 0.15) is 55.1 Å². The maximum Gasteiger partial charge on any atom is 0.271 e. The van der Waals surface area contributed by atoms with Crippen LogP contribution in [0.5, 0.6) is 0 Å². The molecule has 0 aliphatic heterocycles. The van der Waals surface area contributed by atoms with E-state index in [0.29, 0.717) is 23.6 Å². The maximum absolute atomic E-state index is 12.4. The van der Waals surface area contributed by atoms with E-state index >= 15 is 0 Å². The van der Waals surface area contributed by atoms with Crippen LogP contribution in [0.25, 0.3) is 0 Å². The Morgan fingerprint density at radius 1 is 1.48 bits per heavy atom. The Hall–Kier alpha value is -1.86. The number of rotatable bonds is 3. The quantitative estimate of drug-likeness (QED) is 0.837. The summed E-state index contributed by atoms with van der Waals surface area (Å²) in [5.41, 5.74) is 0.993. The lowest BCUT2D eigenvalue weighted by atomic mass is 9.86. The molecule has 1 aromatic heterocycles. The number of nitrogens with one attached hydrogen (secondary N) is 1. The van der Waals surface area contributed by atoms with Crippen molar-refractivity contribution in [2.75, 3.05) is 6.61 Å². The van der Waals surface area contributed by atoms with Gasteiger partial charge in [0.15, 0.2) is 0 Å². The number of aliphatic hydroxyl groups excluding tert-OH is 1. The molecule has 0 saturated heterocycles. The van der Waals surface area contributed by atoms with Crippen molar-refractivity contribution in [3.63, 3.8) is 0 Å². The lowest BCUT2D eigenvalue weighted by Gasteiger charge is -2.29. The summed E-state index contributed by atoms with van der Waals surface area (Å²) in [4.78, 5) is 16.6. The van der Waals surface area contributed by atoms with Crippen LogP contribution < -0.4 is 5.32 Å². The maximum atomic E-state index is 12.4. The first-order valence-corrected chi connectivity index (χ1v) is 7.58. The first kappa shape index (κ1) is 15.5. The first-order chi connectivity index (χ1) is 10.2. The molecule has 2 N–H and O–H groups in total. The van der Waals surface area contributed by atoms with Gasteiger partial charge in [0.1, 0.15) is 5.69 Å². The smallest absolute Gasteiger partial charge is 0.271 e. The lowest BCUT2D eigenvalue weighted by Crippen LogP contribution is -2.41. The Balaban J connectivity index is 2.10. The highest BCUT2D eigenvalue weighted by atomic mass is 16.2. The van der Waals surface area contributed by atoms with Gasteiger partial charge in [0, 0.05) is 18.7 Å². The summed E-state index contributed by atoms with van der Waals surface area (Å²) >= 11 is 0. The zero-order valence-corrected chi connectivity index (χ0v) is 12.4. The minimum atomic E-state index is -0.150. The molecule has 2 rings (SSSR count). The summed E-state index contributed by atoms with van der Waals surface area (Å²) in [6.45, 7) is 2.21. The third kappa shape index (κ3) is 4.30. The fraction of sp³-hybridized carbons (Fsp3) is 0.529. The number of hydrogen-bond donors (Lipinski definition) is 2. The van der Waals surface area contributed by atoms with Crippen molar-refractivity contribution < 1.29 is 9.90 Å². The van der Waals surface area contributed by atoms with Crippen LogP contribution >= 0.6 is 0 Å². The molecule has 0 bridgehead atoms. The number of pyridine rings is 1. The molecule has 21 heavy (non-hydrogen) atoms. The second-order valence-electron chi connectivity index (χ2n) is 5.52. The molecule has 1 aliphatic rings. The van der Waals surface area contributed by atoms with Crippen LogP contribution in [0.15, 0.2) is 18.3 Å². The van der Waals surface area contributed by atoms with Gasteiger partial charge >= 0.3 is 0 Å². The molecule has 1 heterocycles. The standard InChI is InChI=1S/C17H22N2O2/c1-13-7-2-3-10-15(13)19-17(21)16-14(8-4-5-12-20)9-6-11-18-16/h6,9,11,13,15,20H,2-3,5,7,10,12H2,1H3,(H,19,21). The van der Waals surface area contributed by atoms with E-state index in [1.807, 2.05) is 0 Å². The zero-order valence-electron chi connectivity index (χ0n) is 12.4. The molecule has 2 atom stereocenters. The minimum absolute atomic E-state index is 0.0222. The van der Waals surface area contributed by atoms with Gasteiger partial charge in [0.2, 0.25) is 0 Å². The molecular weight excluding hydrogens is 264 g/mol. The van der Waals surface area contributed by atoms with E-state index in [-0.39, 0.29) is 18.6 Å². The van der Waals surface area contributed by atoms with E-state index in [2.05, 4.69) is 29.1 Å². The normalized spacial score (nSPS) is 21.2. The van der Waals surface area contributed by atoms with Crippen LogP contribution in [0, 0.1) is 17.8 Å². The molecule has 2 unspecified atom stereocenters. The monoisotopic (exact) mass is 286 g/mol. The van der Waals surface area contributed by atoms with Crippen molar-refractivity contribution >= 4 is 5.91 Å². The summed E-state index contributed by atoms with van der Waals surface area (Å²) in [6.07, 6.45) is 6.61. The van der Waals surface area contributed by atoms with Crippen molar-refractivity contribution in [3.8, 4) is 11.8 Å². The number of amides is 1. The van der Waals surface area contributed by atoms with Gasteiger partial charge in [-0.25, -0.2) is 4.98 Å². The predicted molar refractivity (Wildman–Crippen MR) is 81.7 cm³/mol. The SMILES string of the molecule is CC1CCCCC1NC(=O)c1ncccc1C#CCCO. The second-order valence-corrected chi connectivity index (χ2v) is 5.52. The molecule has 1 aliphatic carbocycles. The Kier molecular flexibility index (Phi) is 5.77. The van der Waals surface area contributed by atoms with E-state index < -0.39 is 0 Å². The van der Waals surface area contributed by atoms with Crippen LogP contribution in [0.3, 0.4) is 0 Å². The van der Waals surface area contributed by atoms with Crippen LogP contribution in [0.4, 0.5) is 0 Å². The topological polar surface area (TPSA) is 62.2 Å². The number of aromatic nitrogens is 1. The molecule has 0 aromatic carbocycles. The fourth-order valence-electron chi connectivity index (χ4n) is 2.67. The van der Waals surface area contributed by atoms with Crippen molar-refractivity contribution in [3.05, 3.63) is 29.6 Å². The van der Waals surface area contributed by atoms with E-state index in [4.69, 9.17) is 5.11 Å². The summed E-state index contributed by atoms with van der Waals surface area (Å²) in [7, 11) is 0. The molecule has 112 valence electrons. The van der Waals surface area contributed by atoms with Gasteiger partial charge in [-0.1, -0.05) is 31.6 Å². The zero-order chi connectivity index (χ0) is 15.1. The highest BCUT2D eigenvalue weighted by molar-refractivity contribution is 5.94. The van der Waals surface area contributed by atoms with E-state index in [1.54, 1.807) is 18.3 Å². The summed E-state index contributed by atoms with van der Waals surface area (Å²) in [5, 5.41) is 11.9. The second kappa shape index (κ2) is 7.80. The molecule has 1 fully saturated rings. The van der Waals surface area contributed by atoms with Gasteiger partial charge in [-0.2, -0.15) is 0 Å². The lowest BCUT2D eigenvalue weighted by molar-refractivity contribution is 0.0905. The third-order valence-electron chi connectivity index (χ3n) is 3.91. The fourth-order valence-corrected chi connectivity index (χ4v) is 2.67. The molecule has 4 heteroatoms. The Morgan fingerprint density at radius 3 is 3.05 bits per heavy atom. The minimum Gasteiger partial charge on any atom is -0.395 e. The average molecular weight is 286 g/mol. The molecule has 1 aromatic rings. The van der Waals surface area contributed by atoms with E-state index in [9.17, 15) is 4.79 Å². The largest absolute Gasteiger partial charge is 0.395 e. The average Bonchev–Trinajstić information content (AvgIpc) is 2.50. The number of carbonyl (C=O) groups excluding carboxylic acids is 1. The van der Waals surface area contributed by atoms with Gasteiger partial charge in [0.05, 0.1) is 12.2 Å². The highest BCUT2D eigenvalue weighted by Gasteiger charge is 2.24. The van der Waals surface area contributed by atoms with Crippen LogP contribution in [0.2, 0.25) is 0 Å². The van der Waals surface area contributed by atoms with Crippen molar-refractivity contribution in [1.82, 2.24) is 10.3 Å². The van der Waals surface area contributed by atoms with Gasteiger partial charge in [0.25, 0.3) is 5.91 Å². The summed E-state index contributed by atoms with van der Waals surface area (Å²) in [6, 6.07) is 3.78. The third-order valence-corrected chi connectivity index (χ3v) is 3.91. The number of carbonyl (C=O) groups is 1. The van der Waals surface area contributed by atoms with Crippen molar-refractivity contribution in [2.24, 2.45) is 5.92 Å². The number of hydrogen-bond acceptors (Lipinski definition) is 3. The number of aliphatic hydroxyl groups is 1. The summed E-state index contributed by atoms with van der Waals surface area (Å²) < 4.78 is 0. The van der Waals surface area contributed by atoms with E-state index in [0.717, 1.165) is 12.8 Å². The molecule has 1 saturated carbocycles. The molecule has 0 radical (unpaired) electrons. The Bertz CT molecular complexity index is 545. The van der Waals surface area contributed by atoms with Crippen molar-refractivity contribution in [1.29, 1.82) is 0 Å². The Morgan fingerprint density at radius 2 is 2.29 bits per heavy atom. The number of nitrogens with zero attached hydrogens (tertiary/aromatic N) is 1. The van der Waals surface area contributed by atoms with E-state index in [1.165, 1.54) is 12.8 Å². The summed E-state index contributed by atoms with van der Waals surface area (Å²) in [5.74, 6) is 6.11. The predicted octanol–water partition coefficient (Wildman–Crippen LogP) is 2.12. The van der Waals surface area contributed by atoms with Gasteiger partial charge in [-0.15, -0.1) is 0 Å². The first-order valence-electron chi connectivity index (χ1n) is 7.58. The van der Waals surface area contributed by atoms with Gasteiger partial charge in [-0.3, -0.25) is 4.79 Å². The molecule has 1 amide bonds. The highest BCUT2D eigenvalue weighted by Crippen LogP contribution is 2.24. The van der Waals surface area contributed by atoms with Crippen molar-refractivity contribution in [2.45, 2.75) is 45.1 Å².